The van der Waals surface area contributed by atoms with Crippen molar-refractivity contribution < 1.29 is 8.78 Å². The van der Waals surface area contributed by atoms with Gasteiger partial charge in [0.15, 0.2) is 5.82 Å². The second-order valence-electron chi connectivity index (χ2n) is 10.3. The van der Waals surface area contributed by atoms with Crippen LogP contribution in [0.1, 0.15) is 61.4 Å². The van der Waals surface area contributed by atoms with Crippen molar-refractivity contribution in [1.29, 1.82) is 5.26 Å². The van der Waals surface area contributed by atoms with E-state index in [0.29, 0.717) is 29.8 Å². The molecule has 1 saturated heterocycles. The number of aromatic nitrogens is 5. The fourth-order valence-corrected chi connectivity index (χ4v) is 6.05. The first-order chi connectivity index (χ1) is 17.2. The van der Waals surface area contributed by atoms with Gasteiger partial charge in [-0.15, -0.1) is 10.2 Å². The van der Waals surface area contributed by atoms with Gasteiger partial charge in [0.05, 0.1) is 12.2 Å². The Morgan fingerprint density at radius 1 is 1.11 bits per heavy atom. The van der Waals surface area contributed by atoms with Crippen molar-refractivity contribution in [3.05, 3.63) is 58.4 Å². The Morgan fingerprint density at radius 2 is 1.89 bits per heavy atom. The van der Waals surface area contributed by atoms with Crippen LogP contribution in [0.4, 0.5) is 14.7 Å². The monoisotopic (exact) mass is 510 g/mol. The molecule has 0 N–H and O–H groups in total. The zero-order valence-electron chi connectivity index (χ0n) is 19.8. The molecule has 3 aromatic rings. The SMILES string of the molecule is CC1(N2Cc3cc(Cl)ccc3-n3c(nnc3C3CCN(c4nccc(C#N)n4)CC3)C2)CC(F)(F)C1. The summed E-state index contributed by atoms with van der Waals surface area (Å²) in [6.07, 6.45) is 2.94. The largest absolute Gasteiger partial charge is 0.341 e. The van der Waals surface area contributed by atoms with E-state index in [1.165, 1.54) is 0 Å². The lowest BCUT2D eigenvalue weighted by Gasteiger charge is -2.51. The minimum Gasteiger partial charge on any atom is -0.341 e. The van der Waals surface area contributed by atoms with Crippen molar-refractivity contribution in [2.24, 2.45) is 0 Å². The lowest BCUT2D eigenvalue weighted by molar-refractivity contribution is -0.173. The molecule has 11 heteroatoms. The Balaban J connectivity index is 1.30. The highest BCUT2D eigenvalue weighted by molar-refractivity contribution is 6.30. The van der Waals surface area contributed by atoms with Crippen LogP contribution in [0.15, 0.2) is 30.5 Å². The van der Waals surface area contributed by atoms with Crippen LogP contribution in [0.5, 0.6) is 0 Å². The maximum atomic E-state index is 13.9. The molecule has 0 atom stereocenters. The number of rotatable bonds is 3. The smallest absolute Gasteiger partial charge is 0.251 e. The number of fused-ring (bicyclic) bond motifs is 3. The molecule has 8 nitrogen and oxygen atoms in total. The summed E-state index contributed by atoms with van der Waals surface area (Å²) in [4.78, 5) is 12.8. The van der Waals surface area contributed by atoms with E-state index in [0.717, 1.165) is 48.8 Å². The summed E-state index contributed by atoms with van der Waals surface area (Å²) < 4.78 is 29.9. The van der Waals surface area contributed by atoms with Crippen molar-refractivity contribution in [2.75, 3.05) is 18.0 Å². The van der Waals surface area contributed by atoms with Gasteiger partial charge in [0.1, 0.15) is 17.6 Å². The molecule has 0 unspecified atom stereocenters. The molecule has 2 aromatic heterocycles. The number of anilines is 1. The number of alkyl halides is 2. The first-order valence-corrected chi connectivity index (χ1v) is 12.5. The van der Waals surface area contributed by atoms with E-state index in [4.69, 9.17) is 16.9 Å². The molecule has 2 fully saturated rings. The molecular formula is C25H25ClF2N8. The first kappa shape index (κ1) is 23.3. The number of benzene rings is 1. The highest BCUT2D eigenvalue weighted by atomic mass is 35.5. The van der Waals surface area contributed by atoms with Crippen molar-refractivity contribution >= 4 is 17.5 Å². The van der Waals surface area contributed by atoms with Gasteiger partial charge in [0.2, 0.25) is 5.95 Å². The molecule has 3 aliphatic rings. The average Bonchev–Trinajstić information content (AvgIpc) is 3.18. The molecule has 6 rings (SSSR count). The Morgan fingerprint density at radius 3 is 2.61 bits per heavy atom. The van der Waals surface area contributed by atoms with E-state index in [-0.39, 0.29) is 18.8 Å². The zero-order chi connectivity index (χ0) is 25.1. The van der Waals surface area contributed by atoms with Crippen molar-refractivity contribution in [3.8, 4) is 11.8 Å². The van der Waals surface area contributed by atoms with E-state index in [1.807, 2.05) is 25.1 Å². The third-order valence-electron chi connectivity index (χ3n) is 7.67. The van der Waals surface area contributed by atoms with E-state index < -0.39 is 11.5 Å². The van der Waals surface area contributed by atoms with Crippen molar-refractivity contribution in [1.82, 2.24) is 29.6 Å². The maximum absolute atomic E-state index is 13.9. The number of hydrogen-bond acceptors (Lipinski definition) is 7. The fourth-order valence-electron chi connectivity index (χ4n) is 5.86. The van der Waals surface area contributed by atoms with Crippen LogP contribution in [-0.2, 0) is 13.1 Å². The Bertz CT molecular complexity index is 1350. The second kappa shape index (κ2) is 8.46. The van der Waals surface area contributed by atoms with Gasteiger partial charge < -0.3 is 4.90 Å². The van der Waals surface area contributed by atoms with Crippen LogP contribution in [0.3, 0.4) is 0 Å². The third-order valence-corrected chi connectivity index (χ3v) is 7.91. The summed E-state index contributed by atoms with van der Waals surface area (Å²) in [5, 5.41) is 18.9. The zero-order valence-corrected chi connectivity index (χ0v) is 20.6. The van der Waals surface area contributed by atoms with Crippen LogP contribution < -0.4 is 4.90 Å². The topological polar surface area (TPSA) is 86.8 Å². The van der Waals surface area contributed by atoms with Gasteiger partial charge in [-0.05, 0) is 49.6 Å². The molecule has 36 heavy (non-hydrogen) atoms. The van der Waals surface area contributed by atoms with E-state index in [9.17, 15) is 8.78 Å². The summed E-state index contributed by atoms with van der Waals surface area (Å²) >= 11 is 6.35. The van der Waals surface area contributed by atoms with Crippen LogP contribution in [0.25, 0.3) is 5.69 Å². The van der Waals surface area contributed by atoms with Gasteiger partial charge >= 0.3 is 0 Å². The second-order valence-corrected chi connectivity index (χ2v) is 10.7. The summed E-state index contributed by atoms with van der Waals surface area (Å²) in [5.74, 6) is -0.253. The number of halogens is 3. The maximum Gasteiger partial charge on any atom is 0.251 e. The van der Waals surface area contributed by atoms with Gasteiger partial charge in [0, 0.05) is 55.2 Å². The number of nitrogens with zero attached hydrogens (tertiary/aromatic N) is 8. The van der Waals surface area contributed by atoms with Gasteiger partial charge in [-0.3, -0.25) is 9.47 Å². The Kier molecular flexibility index (Phi) is 5.46. The van der Waals surface area contributed by atoms with Crippen LogP contribution in [0.2, 0.25) is 5.02 Å². The molecule has 186 valence electrons. The lowest BCUT2D eigenvalue weighted by atomic mass is 9.73. The highest BCUT2D eigenvalue weighted by Crippen LogP contribution is 2.50. The highest BCUT2D eigenvalue weighted by Gasteiger charge is 2.57. The minimum atomic E-state index is -2.62. The minimum absolute atomic E-state index is 0.162. The standard InChI is InChI=1S/C25H25ClF2N8/c1-24(14-25(27,28)15-24)35-12-17-10-18(26)2-3-20(17)36-21(13-35)32-33-22(36)16-5-8-34(9-6-16)23-30-7-4-19(11-29)31-23/h2-4,7,10,16H,5-6,8-9,12-15H2,1H3. The first-order valence-electron chi connectivity index (χ1n) is 12.1. The summed E-state index contributed by atoms with van der Waals surface area (Å²) in [5.41, 5.74) is 1.69. The molecule has 0 radical (unpaired) electrons. The number of nitriles is 1. The Hall–Kier alpha value is -3.16. The van der Waals surface area contributed by atoms with Crippen molar-refractivity contribution in [3.63, 3.8) is 0 Å². The fraction of sp³-hybridized carbons (Fsp3) is 0.480. The molecule has 1 aromatic carbocycles. The van der Waals surface area contributed by atoms with Crippen LogP contribution >= 0.6 is 11.6 Å². The summed E-state index contributed by atoms with van der Waals surface area (Å²) in [6, 6.07) is 9.41. The van der Waals surface area contributed by atoms with E-state index in [1.54, 1.807) is 12.3 Å². The van der Waals surface area contributed by atoms with Gasteiger partial charge in [0.25, 0.3) is 5.92 Å². The molecule has 0 spiro atoms. The lowest BCUT2D eigenvalue weighted by Crippen LogP contribution is -2.59. The average molecular weight is 511 g/mol. The normalized spacial score (nSPS) is 21.1. The predicted molar refractivity (Wildman–Crippen MR) is 129 cm³/mol. The van der Waals surface area contributed by atoms with Crippen LogP contribution in [0, 0.1) is 11.3 Å². The Labute approximate surface area is 212 Å². The summed E-state index contributed by atoms with van der Waals surface area (Å²) in [6.45, 7) is 4.33. The van der Waals surface area contributed by atoms with Gasteiger partial charge in [-0.2, -0.15) is 5.26 Å². The van der Waals surface area contributed by atoms with Gasteiger partial charge in [-0.25, -0.2) is 18.7 Å². The van der Waals surface area contributed by atoms with E-state index >= 15 is 0 Å². The summed E-state index contributed by atoms with van der Waals surface area (Å²) in [7, 11) is 0. The molecule has 1 aliphatic carbocycles. The molecular weight excluding hydrogens is 486 g/mol. The molecule has 4 heterocycles. The molecule has 0 bridgehead atoms. The van der Waals surface area contributed by atoms with Crippen LogP contribution in [-0.4, -0.2) is 54.2 Å². The molecule has 1 saturated carbocycles. The third kappa shape index (κ3) is 4.00. The molecule has 0 amide bonds. The van der Waals surface area contributed by atoms with Crippen molar-refractivity contribution in [2.45, 2.75) is 63.1 Å². The molecule has 2 aliphatic heterocycles. The number of hydrogen-bond donors (Lipinski definition) is 0. The van der Waals surface area contributed by atoms with Gasteiger partial charge in [-0.1, -0.05) is 11.6 Å². The predicted octanol–water partition coefficient (Wildman–Crippen LogP) is 4.47. The quantitative estimate of drug-likeness (QED) is 0.513. The number of piperidine rings is 1. The van der Waals surface area contributed by atoms with E-state index in [2.05, 4.69) is 40.6 Å².